The minimum absolute atomic E-state index is 0.167. The van der Waals surface area contributed by atoms with Gasteiger partial charge in [0.1, 0.15) is 5.82 Å². The maximum absolute atomic E-state index is 13.6. The number of aryl methyl sites for hydroxylation is 1. The van der Waals surface area contributed by atoms with Crippen LogP contribution in [0.15, 0.2) is 18.2 Å². The van der Waals surface area contributed by atoms with Gasteiger partial charge in [-0.25, -0.2) is 4.39 Å². The summed E-state index contributed by atoms with van der Waals surface area (Å²) in [5.41, 5.74) is 1.60. The second kappa shape index (κ2) is 4.83. The molecule has 0 amide bonds. The van der Waals surface area contributed by atoms with Crippen LogP contribution in [0.2, 0.25) is 0 Å². The van der Waals surface area contributed by atoms with E-state index in [4.69, 9.17) is 4.74 Å². The van der Waals surface area contributed by atoms with Crippen molar-refractivity contribution < 1.29 is 9.13 Å². The SMILES string of the molecule is Cc1cccc(F)c1NC1CCOC(C)C1. The lowest BCUT2D eigenvalue weighted by atomic mass is 10.0. The summed E-state index contributed by atoms with van der Waals surface area (Å²) in [5, 5.41) is 3.29. The van der Waals surface area contributed by atoms with Gasteiger partial charge in [-0.2, -0.15) is 0 Å². The van der Waals surface area contributed by atoms with Gasteiger partial charge in [-0.05, 0) is 38.3 Å². The summed E-state index contributed by atoms with van der Waals surface area (Å²) in [5.74, 6) is -0.167. The molecule has 0 bridgehead atoms. The minimum Gasteiger partial charge on any atom is -0.380 e. The molecule has 0 spiro atoms. The number of nitrogens with one attached hydrogen (secondary N) is 1. The van der Waals surface area contributed by atoms with E-state index >= 15 is 0 Å². The second-order valence-corrected chi connectivity index (χ2v) is 4.48. The molecule has 1 aromatic carbocycles. The molecule has 1 aromatic rings. The van der Waals surface area contributed by atoms with E-state index in [9.17, 15) is 4.39 Å². The molecule has 1 N–H and O–H groups in total. The molecule has 2 rings (SSSR count). The zero-order valence-corrected chi connectivity index (χ0v) is 9.79. The Balaban J connectivity index is 2.08. The van der Waals surface area contributed by atoms with Crippen LogP contribution in [0.5, 0.6) is 0 Å². The molecule has 2 nitrogen and oxygen atoms in total. The first-order valence-corrected chi connectivity index (χ1v) is 5.80. The highest BCUT2D eigenvalue weighted by Crippen LogP contribution is 2.23. The Morgan fingerprint density at radius 2 is 2.25 bits per heavy atom. The molecule has 16 heavy (non-hydrogen) atoms. The van der Waals surface area contributed by atoms with Crippen molar-refractivity contribution in [3.63, 3.8) is 0 Å². The molecule has 3 heteroatoms. The zero-order valence-electron chi connectivity index (χ0n) is 9.79. The zero-order chi connectivity index (χ0) is 11.5. The number of anilines is 1. The van der Waals surface area contributed by atoms with Gasteiger partial charge in [0.15, 0.2) is 0 Å². The summed E-state index contributed by atoms with van der Waals surface area (Å²) < 4.78 is 19.1. The van der Waals surface area contributed by atoms with Crippen molar-refractivity contribution in [2.45, 2.75) is 38.8 Å². The second-order valence-electron chi connectivity index (χ2n) is 4.48. The predicted molar refractivity (Wildman–Crippen MR) is 63.2 cm³/mol. The Bertz CT molecular complexity index is 347. The molecular formula is C13H18FNO. The van der Waals surface area contributed by atoms with Crippen LogP contribution >= 0.6 is 0 Å². The maximum atomic E-state index is 13.6. The molecule has 0 aromatic heterocycles. The van der Waals surface area contributed by atoms with E-state index in [1.165, 1.54) is 6.07 Å². The van der Waals surface area contributed by atoms with Crippen LogP contribution in [0.3, 0.4) is 0 Å². The monoisotopic (exact) mass is 223 g/mol. The molecule has 2 unspecified atom stereocenters. The van der Waals surface area contributed by atoms with Crippen LogP contribution in [0.25, 0.3) is 0 Å². The fourth-order valence-corrected chi connectivity index (χ4v) is 2.15. The number of ether oxygens (including phenoxy) is 1. The largest absolute Gasteiger partial charge is 0.380 e. The van der Waals surface area contributed by atoms with Gasteiger partial charge in [-0.1, -0.05) is 12.1 Å². The van der Waals surface area contributed by atoms with Crippen LogP contribution in [0.1, 0.15) is 25.3 Å². The Morgan fingerprint density at radius 1 is 1.44 bits per heavy atom. The average Bonchev–Trinajstić information content (AvgIpc) is 2.24. The van der Waals surface area contributed by atoms with Crippen molar-refractivity contribution in [2.24, 2.45) is 0 Å². The molecule has 88 valence electrons. The van der Waals surface area contributed by atoms with E-state index in [1.807, 2.05) is 13.0 Å². The first-order chi connectivity index (χ1) is 7.66. The van der Waals surface area contributed by atoms with E-state index in [-0.39, 0.29) is 11.9 Å². The molecule has 1 saturated heterocycles. The Kier molecular flexibility index (Phi) is 3.44. The number of halogens is 1. The standard InChI is InChI=1S/C13H18FNO/c1-9-4-3-5-12(14)13(9)15-11-6-7-16-10(2)8-11/h3-5,10-11,15H,6-8H2,1-2H3. The van der Waals surface area contributed by atoms with E-state index < -0.39 is 0 Å². The van der Waals surface area contributed by atoms with Crippen molar-refractivity contribution in [3.8, 4) is 0 Å². The lowest BCUT2D eigenvalue weighted by Crippen LogP contribution is -2.33. The number of benzene rings is 1. The summed E-state index contributed by atoms with van der Waals surface area (Å²) in [4.78, 5) is 0. The van der Waals surface area contributed by atoms with Crippen LogP contribution in [-0.2, 0) is 4.74 Å². The number of para-hydroxylation sites is 1. The third-order valence-electron chi connectivity index (χ3n) is 3.06. The van der Waals surface area contributed by atoms with Gasteiger partial charge in [0.2, 0.25) is 0 Å². The average molecular weight is 223 g/mol. The first kappa shape index (κ1) is 11.4. The van der Waals surface area contributed by atoms with Crippen LogP contribution in [0.4, 0.5) is 10.1 Å². The molecule has 1 aliphatic rings. The lowest BCUT2D eigenvalue weighted by molar-refractivity contribution is 0.0231. The van der Waals surface area contributed by atoms with Gasteiger partial charge in [0.25, 0.3) is 0 Å². The molecule has 2 atom stereocenters. The summed E-state index contributed by atoms with van der Waals surface area (Å²) in [7, 11) is 0. The molecule has 0 aliphatic carbocycles. The van der Waals surface area contributed by atoms with E-state index in [1.54, 1.807) is 6.07 Å². The van der Waals surface area contributed by atoms with Crippen molar-refractivity contribution in [1.29, 1.82) is 0 Å². The number of hydrogen-bond acceptors (Lipinski definition) is 2. The first-order valence-electron chi connectivity index (χ1n) is 5.80. The molecule has 1 heterocycles. The maximum Gasteiger partial charge on any atom is 0.146 e. The van der Waals surface area contributed by atoms with E-state index in [0.29, 0.717) is 11.7 Å². The molecule has 0 saturated carbocycles. The van der Waals surface area contributed by atoms with Crippen molar-refractivity contribution in [1.82, 2.24) is 0 Å². The lowest BCUT2D eigenvalue weighted by Gasteiger charge is -2.29. The fraction of sp³-hybridized carbons (Fsp3) is 0.538. The smallest absolute Gasteiger partial charge is 0.146 e. The topological polar surface area (TPSA) is 21.3 Å². The molecule has 0 radical (unpaired) electrons. The highest BCUT2D eigenvalue weighted by molar-refractivity contribution is 5.52. The van der Waals surface area contributed by atoms with E-state index in [0.717, 1.165) is 25.0 Å². The van der Waals surface area contributed by atoms with Gasteiger partial charge >= 0.3 is 0 Å². The Morgan fingerprint density at radius 3 is 2.94 bits per heavy atom. The minimum atomic E-state index is -0.167. The van der Waals surface area contributed by atoms with Crippen molar-refractivity contribution in [2.75, 3.05) is 11.9 Å². The summed E-state index contributed by atoms with van der Waals surface area (Å²) in [6.07, 6.45) is 2.14. The van der Waals surface area contributed by atoms with Gasteiger partial charge in [0.05, 0.1) is 11.8 Å². The molecular weight excluding hydrogens is 205 g/mol. The number of hydrogen-bond donors (Lipinski definition) is 1. The van der Waals surface area contributed by atoms with Gasteiger partial charge in [0, 0.05) is 12.6 Å². The predicted octanol–water partition coefficient (Wildman–Crippen LogP) is 3.11. The van der Waals surface area contributed by atoms with Crippen LogP contribution < -0.4 is 5.32 Å². The third-order valence-corrected chi connectivity index (χ3v) is 3.06. The van der Waals surface area contributed by atoms with E-state index in [2.05, 4.69) is 12.2 Å². The number of rotatable bonds is 2. The Labute approximate surface area is 95.8 Å². The van der Waals surface area contributed by atoms with Crippen molar-refractivity contribution in [3.05, 3.63) is 29.6 Å². The molecule has 1 aliphatic heterocycles. The quantitative estimate of drug-likeness (QED) is 0.831. The van der Waals surface area contributed by atoms with Crippen LogP contribution in [-0.4, -0.2) is 18.8 Å². The van der Waals surface area contributed by atoms with Crippen LogP contribution in [0, 0.1) is 12.7 Å². The normalized spacial score (nSPS) is 25.4. The Hall–Kier alpha value is -1.09. The summed E-state index contributed by atoms with van der Waals surface area (Å²) in [6, 6.07) is 5.48. The van der Waals surface area contributed by atoms with Crippen molar-refractivity contribution >= 4 is 5.69 Å². The van der Waals surface area contributed by atoms with Gasteiger partial charge in [-0.15, -0.1) is 0 Å². The van der Waals surface area contributed by atoms with Gasteiger partial charge < -0.3 is 10.1 Å². The fourth-order valence-electron chi connectivity index (χ4n) is 2.15. The highest BCUT2D eigenvalue weighted by atomic mass is 19.1. The summed E-state index contributed by atoms with van der Waals surface area (Å²) in [6.45, 7) is 4.74. The third kappa shape index (κ3) is 2.53. The highest BCUT2D eigenvalue weighted by Gasteiger charge is 2.20. The van der Waals surface area contributed by atoms with Gasteiger partial charge in [-0.3, -0.25) is 0 Å². The molecule has 1 fully saturated rings. The summed E-state index contributed by atoms with van der Waals surface area (Å²) >= 11 is 0.